The van der Waals surface area contributed by atoms with Crippen molar-refractivity contribution in [2.24, 2.45) is 50.7 Å². The van der Waals surface area contributed by atoms with Gasteiger partial charge in [-0.05, 0) is 126 Å². The number of hydrogen-bond donors (Lipinski definition) is 0. The Morgan fingerprint density at radius 1 is 0.736 bits per heavy atom. The van der Waals surface area contributed by atoms with Gasteiger partial charge in [-0.2, -0.15) is 5.26 Å². The Kier molecular flexibility index (Phi) is 8.85. The number of fused-ring (bicyclic) bond motifs is 2. The number of nitriles is 1. The Balaban J connectivity index is 1.12. The third kappa shape index (κ3) is 5.04. The maximum Gasteiger partial charge on any atom is 0.302 e. The van der Waals surface area contributed by atoms with Gasteiger partial charge in [-0.3, -0.25) is 9.59 Å². The highest BCUT2D eigenvalue weighted by Crippen LogP contribution is 2.89. The standard InChI is InChI=1S/C48H58NO3P/c1-33(30-39(51)40(31-49)53(35-16-10-7-11-17-35,36-18-12-8-13-19-36)37-20-14-9-15-21-37)38-24-26-46(6)42-23-22-41-44(3,4)43(52-34(2)50)25-27-47(41)32-48(42,47)29-28-45(38,46)5/h7-21,33,38,41-43H,22-30,32H2,1-6H3/t33-,38-,41?,42?,43+,45-,46+,47-,48+/m1/s1. The highest BCUT2D eigenvalue weighted by molar-refractivity contribution is 7.96. The Hall–Kier alpha value is -3.41. The lowest BCUT2D eigenvalue weighted by atomic mass is 9.41. The Morgan fingerprint density at radius 3 is 1.79 bits per heavy atom. The van der Waals surface area contributed by atoms with Crippen molar-refractivity contribution in [3.8, 4) is 6.07 Å². The summed E-state index contributed by atoms with van der Waals surface area (Å²) >= 11 is 0. The van der Waals surface area contributed by atoms with E-state index in [4.69, 9.17) is 4.74 Å². The molecule has 8 rings (SSSR count). The van der Waals surface area contributed by atoms with E-state index in [9.17, 15) is 14.9 Å². The third-order valence-corrected chi connectivity index (χ3v) is 21.0. The molecule has 2 unspecified atom stereocenters. The first-order valence-corrected chi connectivity index (χ1v) is 22.1. The minimum absolute atomic E-state index is 0.000791. The summed E-state index contributed by atoms with van der Waals surface area (Å²) in [6.45, 7) is 11.1. The van der Waals surface area contributed by atoms with E-state index in [1.807, 2.05) is 54.6 Å². The number of benzene rings is 3. The summed E-state index contributed by atoms with van der Waals surface area (Å²) in [5.74, 6) is 1.80. The summed E-state index contributed by atoms with van der Waals surface area (Å²) in [6.07, 6.45) is 11.3. The van der Waals surface area contributed by atoms with E-state index >= 15 is 0 Å². The molecule has 0 aliphatic heterocycles. The van der Waals surface area contributed by atoms with E-state index < -0.39 is 6.89 Å². The predicted octanol–water partition coefficient (Wildman–Crippen LogP) is 9.64. The maximum absolute atomic E-state index is 15.0. The molecule has 3 aromatic rings. The normalized spacial score (nSPS) is 35.6. The van der Waals surface area contributed by atoms with Crippen molar-refractivity contribution in [1.29, 1.82) is 5.26 Å². The molecule has 0 bridgehead atoms. The predicted molar refractivity (Wildman–Crippen MR) is 217 cm³/mol. The molecule has 2 spiro atoms. The van der Waals surface area contributed by atoms with Crippen LogP contribution in [0.5, 0.6) is 0 Å². The van der Waals surface area contributed by atoms with Crippen molar-refractivity contribution >= 4 is 39.8 Å². The maximum atomic E-state index is 15.0. The molecule has 0 amide bonds. The second-order valence-electron chi connectivity index (χ2n) is 18.9. The number of nitrogens with zero attached hydrogens (tertiary/aromatic N) is 1. The fourth-order valence-corrected chi connectivity index (χ4v) is 18.5. The van der Waals surface area contributed by atoms with Crippen LogP contribution in [-0.2, 0) is 14.3 Å². The highest BCUT2D eigenvalue weighted by atomic mass is 31.2. The van der Waals surface area contributed by atoms with Crippen LogP contribution in [0.25, 0.3) is 0 Å². The molecule has 53 heavy (non-hydrogen) atoms. The number of ether oxygens (including phenoxy) is 1. The number of hydrogen-bond acceptors (Lipinski definition) is 4. The lowest BCUT2D eigenvalue weighted by molar-refractivity contribution is -0.181. The van der Waals surface area contributed by atoms with Crippen molar-refractivity contribution in [2.75, 3.05) is 0 Å². The zero-order chi connectivity index (χ0) is 37.4. The van der Waals surface area contributed by atoms with Crippen molar-refractivity contribution in [2.45, 2.75) is 112 Å². The average molecular weight is 728 g/mol. The van der Waals surface area contributed by atoms with Crippen molar-refractivity contribution in [1.82, 2.24) is 0 Å². The van der Waals surface area contributed by atoms with Crippen molar-refractivity contribution in [3.63, 3.8) is 0 Å². The van der Waals surface area contributed by atoms with Gasteiger partial charge in [-0.1, -0.05) is 126 Å². The summed E-state index contributed by atoms with van der Waals surface area (Å²) in [6, 6.07) is 33.6. The Bertz CT molecular complexity index is 1900. The van der Waals surface area contributed by atoms with Gasteiger partial charge in [-0.15, -0.1) is 0 Å². The van der Waals surface area contributed by atoms with Crippen LogP contribution in [-0.4, -0.2) is 23.2 Å². The van der Waals surface area contributed by atoms with Crippen LogP contribution < -0.4 is 15.9 Å². The highest BCUT2D eigenvalue weighted by Gasteiger charge is 2.82. The monoisotopic (exact) mass is 727 g/mol. The van der Waals surface area contributed by atoms with Crippen LogP contribution in [0.15, 0.2) is 91.0 Å². The number of esters is 1. The van der Waals surface area contributed by atoms with Crippen molar-refractivity contribution in [3.05, 3.63) is 91.0 Å². The molecule has 4 nitrogen and oxygen atoms in total. The van der Waals surface area contributed by atoms with Crippen LogP contribution in [0.1, 0.15) is 106 Å². The fourth-order valence-electron chi connectivity index (χ4n) is 14.3. The minimum Gasteiger partial charge on any atom is -0.462 e. The molecule has 3 aromatic carbocycles. The molecule has 5 saturated carbocycles. The summed E-state index contributed by atoms with van der Waals surface area (Å²) in [7, 11) is 0. The SMILES string of the molecule is CC(=O)O[C@H]1CC[C@]23C[C@]24CC[C@]2(C)[C@@H]([C@H](C)CC(=O)C(C#N)=P(c5ccccc5)(c5ccccc5)c5ccccc5)CC[C@@]2(C)C4CCC3C1(C)C. The van der Waals surface area contributed by atoms with Gasteiger partial charge >= 0.3 is 5.97 Å². The van der Waals surface area contributed by atoms with E-state index in [0.717, 1.165) is 28.8 Å². The van der Waals surface area contributed by atoms with Gasteiger partial charge in [0.15, 0.2) is 5.78 Å². The topological polar surface area (TPSA) is 67.2 Å². The van der Waals surface area contributed by atoms with Crippen LogP contribution in [0.2, 0.25) is 0 Å². The largest absolute Gasteiger partial charge is 0.462 e. The first-order valence-electron chi connectivity index (χ1n) is 20.4. The van der Waals surface area contributed by atoms with Gasteiger partial charge in [-0.25, -0.2) is 0 Å². The Morgan fingerprint density at radius 2 is 1.26 bits per heavy atom. The molecule has 5 fully saturated rings. The van der Waals surface area contributed by atoms with E-state index in [-0.39, 0.29) is 40.0 Å². The van der Waals surface area contributed by atoms with Gasteiger partial charge in [0.2, 0.25) is 0 Å². The van der Waals surface area contributed by atoms with Crippen molar-refractivity contribution < 1.29 is 14.3 Å². The number of rotatable bonds is 8. The van der Waals surface area contributed by atoms with Gasteiger partial charge in [0.1, 0.15) is 17.5 Å². The molecule has 5 aliphatic rings. The third-order valence-electron chi connectivity index (χ3n) is 16.8. The summed E-state index contributed by atoms with van der Waals surface area (Å²) in [5, 5.41) is 14.7. The molecule has 0 radical (unpaired) electrons. The Labute approximate surface area is 318 Å². The summed E-state index contributed by atoms with van der Waals surface area (Å²) in [5.41, 5.74) is 1.18. The lowest BCUT2D eigenvalue weighted by Crippen LogP contribution is -2.58. The molecule has 0 aromatic heterocycles. The second-order valence-corrected chi connectivity index (χ2v) is 22.2. The molecule has 278 valence electrons. The number of ketones is 1. The van der Waals surface area contributed by atoms with E-state index in [1.54, 1.807) is 6.92 Å². The van der Waals surface area contributed by atoms with Crippen LogP contribution in [0.3, 0.4) is 0 Å². The molecule has 5 aliphatic carbocycles. The van der Waals surface area contributed by atoms with E-state index in [1.165, 1.54) is 44.9 Å². The van der Waals surface area contributed by atoms with Crippen LogP contribution in [0, 0.1) is 62.1 Å². The molecule has 5 heteroatoms. The molecule has 0 heterocycles. The lowest BCUT2D eigenvalue weighted by Gasteiger charge is -2.63. The molecule has 9 atom stereocenters. The smallest absolute Gasteiger partial charge is 0.302 e. The molecular formula is C48H58NO3P. The zero-order valence-electron chi connectivity index (χ0n) is 32.7. The fraction of sp³-hybridized carbons (Fsp3) is 0.542. The first-order chi connectivity index (χ1) is 25.3. The van der Waals surface area contributed by atoms with Crippen LogP contribution in [0.4, 0.5) is 0 Å². The first kappa shape index (κ1) is 36.6. The zero-order valence-corrected chi connectivity index (χ0v) is 33.6. The van der Waals surface area contributed by atoms with E-state index in [2.05, 4.69) is 77.1 Å². The van der Waals surface area contributed by atoms with Crippen LogP contribution >= 0.6 is 6.89 Å². The van der Waals surface area contributed by atoms with Gasteiger partial charge in [0, 0.05) is 18.8 Å². The van der Waals surface area contributed by atoms with E-state index in [0.29, 0.717) is 40.3 Å². The number of carbonyl (C=O) groups excluding carboxylic acids is 2. The van der Waals surface area contributed by atoms with Gasteiger partial charge < -0.3 is 4.74 Å². The molecular weight excluding hydrogens is 670 g/mol. The summed E-state index contributed by atoms with van der Waals surface area (Å²) in [4.78, 5) is 27.1. The molecule has 0 N–H and O–H groups in total. The van der Waals surface area contributed by atoms with Gasteiger partial charge in [0.05, 0.1) is 0 Å². The minimum atomic E-state index is -2.75. The quantitative estimate of drug-likeness (QED) is 0.171. The number of Topliss-reactive ketones (excluding diaryl/α,β-unsaturated/α-hetero) is 1. The summed E-state index contributed by atoms with van der Waals surface area (Å²) < 4.78 is 5.96. The molecule has 0 saturated heterocycles. The second kappa shape index (κ2) is 12.8. The van der Waals surface area contributed by atoms with Gasteiger partial charge in [0.25, 0.3) is 0 Å². The average Bonchev–Trinajstić information content (AvgIpc) is 3.73. The number of carbonyl (C=O) groups is 2.